The SMILES string of the molecule is CC[C@@H](C)C(=O)N[C@H](C(=O)N1CCN(C(=O)c2n(C(=O)N3CC(OC)C3)c3ccc(OC)cc3[n+]2C)CC1)C1CCCCC1. The summed E-state index contributed by atoms with van der Waals surface area (Å²) in [4.78, 5) is 59.8. The summed E-state index contributed by atoms with van der Waals surface area (Å²) in [6.07, 6.45) is 5.84. The number of amides is 4. The number of ether oxygens (including phenoxy) is 2. The second-order valence-electron chi connectivity index (χ2n) is 12.4. The Kier molecular flexibility index (Phi) is 9.77. The molecule has 1 aromatic heterocycles. The van der Waals surface area contributed by atoms with E-state index < -0.39 is 6.04 Å². The molecule has 3 heterocycles. The zero-order valence-electron chi connectivity index (χ0n) is 26.7. The predicted molar refractivity (Wildman–Crippen MR) is 163 cm³/mol. The molecule has 0 radical (unpaired) electrons. The standard InChI is InChI=1S/C32H46N6O6/c1-6-21(2)28(39)33-27(22-10-8-7-9-11-22)30(40)35-14-16-36(17-15-35)31(41)29-34(3)26-18-23(43-4)12-13-25(26)38(29)32(42)37-19-24(20-37)44-5/h12-13,18,21-22,24,27H,6-11,14-17,19-20H2,1-5H3/p+1/t21-,27+/m1/s1. The Morgan fingerprint density at radius 3 is 2.25 bits per heavy atom. The van der Waals surface area contributed by atoms with Crippen LogP contribution in [0.4, 0.5) is 4.79 Å². The number of likely N-dealkylation sites (tertiary alicyclic amines) is 1. The summed E-state index contributed by atoms with van der Waals surface area (Å²) in [5, 5.41) is 3.10. The van der Waals surface area contributed by atoms with Gasteiger partial charge in [-0.2, -0.15) is 0 Å². The van der Waals surface area contributed by atoms with Crippen molar-refractivity contribution < 1.29 is 33.2 Å². The highest BCUT2D eigenvalue weighted by Crippen LogP contribution is 2.29. The molecule has 240 valence electrons. The van der Waals surface area contributed by atoms with E-state index in [0.717, 1.165) is 32.1 Å². The number of rotatable bonds is 8. The van der Waals surface area contributed by atoms with E-state index in [1.54, 1.807) is 52.7 Å². The van der Waals surface area contributed by atoms with Gasteiger partial charge in [-0.15, -0.1) is 4.57 Å². The molecule has 0 unspecified atom stereocenters. The average molecular weight is 612 g/mol. The van der Waals surface area contributed by atoms with Crippen molar-refractivity contribution in [3.8, 4) is 5.75 Å². The number of piperazine rings is 1. The third kappa shape index (κ3) is 6.13. The van der Waals surface area contributed by atoms with Crippen molar-refractivity contribution in [2.75, 3.05) is 53.5 Å². The molecule has 1 N–H and O–H groups in total. The van der Waals surface area contributed by atoms with E-state index in [2.05, 4.69) is 5.32 Å². The number of methoxy groups -OCH3 is 2. The van der Waals surface area contributed by atoms with Gasteiger partial charge < -0.3 is 24.6 Å². The maximum atomic E-state index is 14.1. The van der Waals surface area contributed by atoms with Gasteiger partial charge in [-0.1, -0.05) is 33.1 Å². The van der Waals surface area contributed by atoms with Crippen molar-refractivity contribution in [3.05, 3.63) is 24.0 Å². The summed E-state index contributed by atoms with van der Waals surface area (Å²) < 4.78 is 14.0. The van der Waals surface area contributed by atoms with Gasteiger partial charge in [0.2, 0.25) is 11.8 Å². The number of aryl methyl sites for hydroxylation is 1. The third-order valence-electron chi connectivity index (χ3n) is 9.77. The van der Waals surface area contributed by atoms with Crippen molar-refractivity contribution in [1.82, 2.24) is 24.6 Å². The van der Waals surface area contributed by atoms with Crippen LogP contribution in [-0.4, -0.2) is 109 Å². The molecule has 12 heteroatoms. The van der Waals surface area contributed by atoms with Crippen LogP contribution in [0.1, 0.15) is 63.0 Å². The molecule has 3 aliphatic rings. The number of hydrogen-bond acceptors (Lipinski definition) is 6. The van der Waals surface area contributed by atoms with Crippen molar-refractivity contribution in [2.24, 2.45) is 18.9 Å². The van der Waals surface area contributed by atoms with Crippen molar-refractivity contribution in [3.63, 3.8) is 0 Å². The van der Waals surface area contributed by atoms with Gasteiger partial charge in [0.1, 0.15) is 11.8 Å². The van der Waals surface area contributed by atoms with Gasteiger partial charge in [0.05, 0.1) is 33.4 Å². The van der Waals surface area contributed by atoms with Crippen LogP contribution in [0, 0.1) is 11.8 Å². The van der Waals surface area contributed by atoms with E-state index >= 15 is 0 Å². The number of nitrogens with zero attached hydrogens (tertiary/aromatic N) is 5. The van der Waals surface area contributed by atoms with Crippen LogP contribution in [-0.2, 0) is 21.4 Å². The Morgan fingerprint density at radius 1 is 0.977 bits per heavy atom. The van der Waals surface area contributed by atoms with E-state index in [9.17, 15) is 19.2 Å². The number of benzene rings is 1. The summed E-state index contributed by atoms with van der Waals surface area (Å²) in [5.74, 6) is 0.427. The molecule has 5 rings (SSSR count). The molecule has 1 aliphatic carbocycles. The molecule has 0 bridgehead atoms. The lowest BCUT2D eigenvalue weighted by Gasteiger charge is -2.39. The van der Waals surface area contributed by atoms with Gasteiger partial charge in [-0.3, -0.25) is 19.3 Å². The molecule has 0 spiro atoms. The van der Waals surface area contributed by atoms with Gasteiger partial charge in [0.25, 0.3) is 0 Å². The fourth-order valence-corrected chi connectivity index (χ4v) is 6.58. The Balaban J connectivity index is 1.35. The molecule has 44 heavy (non-hydrogen) atoms. The van der Waals surface area contributed by atoms with Crippen LogP contribution in [0.5, 0.6) is 5.75 Å². The number of fused-ring (bicyclic) bond motifs is 1. The minimum atomic E-state index is -0.542. The van der Waals surface area contributed by atoms with E-state index in [4.69, 9.17) is 9.47 Å². The van der Waals surface area contributed by atoms with Gasteiger partial charge >= 0.3 is 17.8 Å². The average Bonchev–Trinajstić information content (AvgIpc) is 3.33. The minimum absolute atomic E-state index is 0.0215. The Bertz CT molecular complexity index is 1390. The van der Waals surface area contributed by atoms with Gasteiger partial charge in [0, 0.05) is 45.3 Å². The highest BCUT2D eigenvalue weighted by molar-refractivity contribution is 5.99. The number of hydrogen-bond donors (Lipinski definition) is 1. The molecule has 3 fully saturated rings. The zero-order valence-corrected chi connectivity index (χ0v) is 26.7. The number of aromatic nitrogens is 2. The van der Waals surface area contributed by atoms with Crippen LogP contribution in [0.2, 0.25) is 0 Å². The van der Waals surface area contributed by atoms with Crippen molar-refractivity contribution >= 4 is 34.8 Å². The normalized spacial score (nSPS) is 19.4. The van der Waals surface area contributed by atoms with Crippen LogP contribution >= 0.6 is 0 Å². The predicted octanol–water partition coefficient (Wildman–Crippen LogP) is 2.17. The highest BCUT2D eigenvalue weighted by Gasteiger charge is 2.43. The van der Waals surface area contributed by atoms with E-state index in [-0.39, 0.29) is 47.5 Å². The minimum Gasteiger partial charge on any atom is -0.497 e. The van der Waals surface area contributed by atoms with Gasteiger partial charge in [-0.05, 0) is 37.3 Å². The Labute approximate surface area is 259 Å². The van der Waals surface area contributed by atoms with Gasteiger partial charge in [0.15, 0.2) is 11.0 Å². The lowest BCUT2D eigenvalue weighted by molar-refractivity contribution is -0.647. The lowest BCUT2D eigenvalue weighted by atomic mass is 9.83. The molecular weight excluding hydrogens is 564 g/mol. The van der Waals surface area contributed by atoms with Crippen LogP contribution in [0.15, 0.2) is 18.2 Å². The molecule has 2 aliphatic heterocycles. The Hall–Kier alpha value is -3.67. The summed E-state index contributed by atoms with van der Waals surface area (Å²) in [6, 6.07) is 4.57. The van der Waals surface area contributed by atoms with Gasteiger partial charge in [-0.25, -0.2) is 9.36 Å². The number of carbonyl (C=O) groups is 4. The van der Waals surface area contributed by atoms with Crippen molar-refractivity contribution in [2.45, 2.75) is 64.5 Å². The number of nitrogens with one attached hydrogen (secondary N) is 1. The molecule has 2 aromatic rings. The maximum Gasteiger partial charge on any atom is 0.417 e. The smallest absolute Gasteiger partial charge is 0.417 e. The first-order valence-electron chi connectivity index (χ1n) is 16.0. The summed E-state index contributed by atoms with van der Waals surface area (Å²) in [6.45, 7) is 6.16. The number of imidazole rings is 1. The highest BCUT2D eigenvalue weighted by atomic mass is 16.5. The third-order valence-corrected chi connectivity index (χ3v) is 9.77. The van der Waals surface area contributed by atoms with Crippen molar-refractivity contribution in [1.29, 1.82) is 0 Å². The van der Waals surface area contributed by atoms with E-state index in [0.29, 0.717) is 62.5 Å². The zero-order chi connectivity index (χ0) is 31.5. The second kappa shape index (κ2) is 13.5. The first-order valence-corrected chi connectivity index (χ1v) is 16.0. The second-order valence-corrected chi connectivity index (χ2v) is 12.4. The molecule has 1 saturated carbocycles. The summed E-state index contributed by atoms with van der Waals surface area (Å²) in [7, 11) is 4.98. The largest absolute Gasteiger partial charge is 0.497 e. The lowest BCUT2D eigenvalue weighted by Crippen LogP contribution is -2.59. The van der Waals surface area contributed by atoms with Crippen LogP contribution < -0.4 is 14.6 Å². The quantitative estimate of drug-likeness (QED) is 0.458. The topological polar surface area (TPSA) is 117 Å². The summed E-state index contributed by atoms with van der Waals surface area (Å²) in [5.41, 5.74) is 1.31. The van der Waals surface area contributed by atoms with Crippen LogP contribution in [0.25, 0.3) is 11.0 Å². The van der Waals surface area contributed by atoms with Crippen LogP contribution in [0.3, 0.4) is 0 Å². The first-order chi connectivity index (χ1) is 21.2. The first kappa shape index (κ1) is 31.7. The monoisotopic (exact) mass is 611 g/mol. The summed E-state index contributed by atoms with van der Waals surface area (Å²) >= 11 is 0. The molecule has 2 saturated heterocycles. The fourth-order valence-electron chi connectivity index (χ4n) is 6.58. The molecular formula is C32H47N6O6+. The molecule has 1 aromatic carbocycles. The molecule has 2 atom stereocenters. The molecule has 4 amide bonds. The number of carbonyl (C=O) groups excluding carboxylic acids is 4. The molecule has 12 nitrogen and oxygen atoms in total. The van der Waals surface area contributed by atoms with E-state index in [1.807, 2.05) is 19.9 Å². The maximum absolute atomic E-state index is 14.1. The Morgan fingerprint density at radius 2 is 1.64 bits per heavy atom. The van der Waals surface area contributed by atoms with E-state index in [1.165, 1.54) is 4.57 Å². The fraction of sp³-hybridized carbons (Fsp3) is 0.656.